The zero-order valence-corrected chi connectivity index (χ0v) is 17.9. The van der Waals surface area contributed by atoms with Gasteiger partial charge >= 0.3 is 0 Å². The highest BCUT2D eigenvalue weighted by Crippen LogP contribution is 2.33. The number of hydrogen-bond acceptors (Lipinski definition) is 7. The monoisotopic (exact) mass is 432 g/mol. The van der Waals surface area contributed by atoms with Crippen molar-refractivity contribution in [3.8, 4) is 0 Å². The molecule has 0 saturated heterocycles. The summed E-state index contributed by atoms with van der Waals surface area (Å²) in [7, 11) is 0. The van der Waals surface area contributed by atoms with E-state index in [1.54, 1.807) is 17.5 Å². The lowest BCUT2D eigenvalue weighted by Gasteiger charge is -2.29. The van der Waals surface area contributed by atoms with E-state index in [0.717, 1.165) is 53.1 Å². The number of nitrogens with one attached hydrogen (secondary N) is 2. The largest absolute Gasteiger partial charge is 0.366 e. The van der Waals surface area contributed by atoms with Crippen LogP contribution in [-0.4, -0.2) is 31.2 Å². The SMILES string of the molecule is C=CC(=O)CC1CCC(Nc2nc(Nc3ccc4nccn4c3)nc3ccsc23)CC1. The molecule has 0 spiro atoms. The third-order valence-electron chi connectivity index (χ3n) is 5.85. The number of rotatable bonds is 7. The van der Waals surface area contributed by atoms with Gasteiger partial charge in [0.2, 0.25) is 5.95 Å². The first-order chi connectivity index (χ1) is 15.2. The minimum atomic E-state index is 0.150. The molecule has 1 aliphatic rings. The van der Waals surface area contributed by atoms with E-state index in [2.05, 4.69) is 27.2 Å². The summed E-state index contributed by atoms with van der Waals surface area (Å²) < 4.78 is 3.03. The van der Waals surface area contributed by atoms with Crippen LogP contribution in [0.25, 0.3) is 15.9 Å². The Morgan fingerprint density at radius 1 is 1.23 bits per heavy atom. The Labute approximate surface area is 184 Å². The number of aromatic nitrogens is 4. The average Bonchev–Trinajstić information content (AvgIpc) is 3.44. The van der Waals surface area contributed by atoms with E-state index >= 15 is 0 Å². The Morgan fingerprint density at radius 2 is 2.10 bits per heavy atom. The van der Waals surface area contributed by atoms with Crippen LogP contribution >= 0.6 is 11.3 Å². The highest BCUT2D eigenvalue weighted by atomic mass is 32.1. The second kappa shape index (κ2) is 8.47. The minimum absolute atomic E-state index is 0.150. The number of fused-ring (bicyclic) bond motifs is 2. The number of nitrogens with zero attached hydrogens (tertiary/aromatic N) is 4. The van der Waals surface area contributed by atoms with Crippen molar-refractivity contribution in [1.82, 2.24) is 19.4 Å². The molecule has 0 aliphatic heterocycles. The summed E-state index contributed by atoms with van der Waals surface area (Å²) in [6.07, 6.45) is 11.9. The normalized spacial score (nSPS) is 18.8. The average molecular weight is 433 g/mol. The second-order valence-corrected chi connectivity index (χ2v) is 8.92. The van der Waals surface area contributed by atoms with Gasteiger partial charge in [-0.15, -0.1) is 11.3 Å². The lowest BCUT2D eigenvalue weighted by atomic mass is 9.83. The number of hydrogen-bond donors (Lipinski definition) is 2. The smallest absolute Gasteiger partial charge is 0.229 e. The molecule has 1 aliphatic carbocycles. The zero-order valence-electron chi connectivity index (χ0n) is 17.1. The fraction of sp³-hybridized carbons (Fsp3) is 0.304. The Morgan fingerprint density at radius 3 is 2.94 bits per heavy atom. The number of anilines is 3. The van der Waals surface area contributed by atoms with E-state index in [9.17, 15) is 4.79 Å². The molecular formula is C23H24N6OS. The summed E-state index contributed by atoms with van der Waals surface area (Å²) in [5, 5.41) is 9.02. The Bertz CT molecular complexity index is 1240. The fourth-order valence-corrected chi connectivity index (χ4v) is 5.00. The van der Waals surface area contributed by atoms with E-state index in [4.69, 9.17) is 4.98 Å². The van der Waals surface area contributed by atoms with Gasteiger partial charge in [0, 0.05) is 31.1 Å². The molecule has 4 aromatic heterocycles. The molecule has 8 heteroatoms. The van der Waals surface area contributed by atoms with Crippen LogP contribution < -0.4 is 10.6 Å². The summed E-state index contributed by atoms with van der Waals surface area (Å²) in [6.45, 7) is 3.59. The molecule has 31 heavy (non-hydrogen) atoms. The van der Waals surface area contributed by atoms with Crippen LogP contribution in [0.15, 0.2) is 54.8 Å². The van der Waals surface area contributed by atoms with Crippen LogP contribution in [-0.2, 0) is 4.79 Å². The van der Waals surface area contributed by atoms with E-state index in [0.29, 0.717) is 24.3 Å². The summed E-state index contributed by atoms with van der Waals surface area (Å²) in [6, 6.07) is 6.31. The lowest BCUT2D eigenvalue weighted by molar-refractivity contribution is -0.115. The Kier molecular flexibility index (Phi) is 5.38. The summed E-state index contributed by atoms with van der Waals surface area (Å²) in [4.78, 5) is 25.4. The van der Waals surface area contributed by atoms with Crippen molar-refractivity contribution in [3.63, 3.8) is 0 Å². The van der Waals surface area contributed by atoms with Gasteiger partial charge in [0.25, 0.3) is 0 Å². The van der Waals surface area contributed by atoms with Crippen molar-refractivity contribution in [2.24, 2.45) is 5.92 Å². The topological polar surface area (TPSA) is 84.2 Å². The van der Waals surface area contributed by atoms with Crippen molar-refractivity contribution in [2.75, 3.05) is 10.6 Å². The van der Waals surface area contributed by atoms with Gasteiger partial charge in [0.1, 0.15) is 11.5 Å². The maximum absolute atomic E-state index is 11.7. The maximum atomic E-state index is 11.7. The number of imidazole rings is 1. The molecular weight excluding hydrogens is 408 g/mol. The van der Waals surface area contributed by atoms with Gasteiger partial charge in [-0.05, 0) is 61.3 Å². The second-order valence-electron chi connectivity index (χ2n) is 8.00. The van der Waals surface area contributed by atoms with Gasteiger partial charge in [0.15, 0.2) is 5.78 Å². The van der Waals surface area contributed by atoms with Crippen LogP contribution in [0.3, 0.4) is 0 Å². The molecule has 0 radical (unpaired) electrons. The molecule has 0 amide bonds. The van der Waals surface area contributed by atoms with Gasteiger partial charge in [-0.25, -0.2) is 9.97 Å². The van der Waals surface area contributed by atoms with Crippen molar-refractivity contribution in [2.45, 2.75) is 38.1 Å². The number of thiophene rings is 1. The molecule has 1 saturated carbocycles. The van der Waals surface area contributed by atoms with Crippen LogP contribution in [0.1, 0.15) is 32.1 Å². The van der Waals surface area contributed by atoms with Crippen LogP contribution in [0.5, 0.6) is 0 Å². The van der Waals surface area contributed by atoms with Gasteiger partial charge in [-0.2, -0.15) is 4.98 Å². The molecule has 158 valence electrons. The Hall–Kier alpha value is -3.26. The van der Waals surface area contributed by atoms with E-state index < -0.39 is 0 Å². The molecule has 5 rings (SSSR count). The first-order valence-electron chi connectivity index (χ1n) is 10.5. The van der Waals surface area contributed by atoms with Crippen LogP contribution in [0.4, 0.5) is 17.5 Å². The molecule has 7 nitrogen and oxygen atoms in total. The molecule has 0 unspecified atom stereocenters. The number of carbonyl (C=O) groups excluding carboxylic acids is 1. The van der Waals surface area contributed by atoms with Gasteiger partial charge in [-0.3, -0.25) is 4.79 Å². The van der Waals surface area contributed by atoms with Crippen molar-refractivity contribution in [3.05, 3.63) is 54.8 Å². The van der Waals surface area contributed by atoms with E-state index in [1.165, 1.54) is 6.08 Å². The molecule has 0 atom stereocenters. The summed E-state index contributed by atoms with van der Waals surface area (Å²) in [5.41, 5.74) is 2.73. The van der Waals surface area contributed by atoms with Gasteiger partial charge in [-0.1, -0.05) is 6.58 Å². The van der Waals surface area contributed by atoms with Crippen molar-refractivity contribution in [1.29, 1.82) is 0 Å². The van der Waals surface area contributed by atoms with Crippen molar-refractivity contribution < 1.29 is 4.79 Å². The first kappa shape index (κ1) is 19.7. The van der Waals surface area contributed by atoms with Crippen LogP contribution in [0, 0.1) is 5.92 Å². The predicted octanol–water partition coefficient (Wildman–Crippen LogP) is 5.20. The zero-order chi connectivity index (χ0) is 21.2. The standard InChI is InChI=1S/C23H24N6OS/c1-2-18(30)13-15-3-5-16(6-4-15)25-22-21-19(9-12-31-21)27-23(28-22)26-17-7-8-20-24-10-11-29(20)14-17/h2,7-12,14-16H,1,3-6,13H2,(H2,25,26,27,28). The maximum Gasteiger partial charge on any atom is 0.229 e. The van der Waals surface area contributed by atoms with E-state index in [-0.39, 0.29) is 5.78 Å². The minimum Gasteiger partial charge on any atom is -0.366 e. The van der Waals surface area contributed by atoms with Crippen LogP contribution in [0.2, 0.25) is 0 Å². The van der Waals surface area contributed by atoms with Crippen molar-refractivity contribution >= 4 is 50.4 Å². The summed E-state index contributed by atoms with van der Waals surface area (Å²) >= 11 is 1.65. The molecule has 0 bridgehead atoms. The molecule has 4 heterocycles. The van der Waals surface area contributed by atoms with Gasteiger partial charge < -0.3 is 15.0 Å². The van der Waals surface area contributed by atoms with E-state index in [1.807, 2.05) is 40.4 Å². The molecule has 2 N–H and O–H groups in total. The number of allylic oxidation sites excluding steroid dienone is 1. The Balaban J connectivity index is 1.32. The fourth-order valence-electron chi connectivity index (χ4n) is 4.21. The molecule has 0 aromatic carbocycles. The van der Waals surface area contributed by atoms with Gasteiger partial charge in [0.05, 0.1) is 15.9 Å². The first-order valence-corrected chi connectivity index (χ1v) is 11.4. The molecule has 1 fully saturated rings. The molecule has 4 aromatic rings. The third-order valence-corrected chi connectivity index (χ3v) is 6.76. The quantitative estimate of drug-likeness (QED) is 0.391. The number of carbonyl (C=O) groups is 1. The predicted molar refractivity (Wildman–Crippen MR) is 125 cm³/mol. The lowest BCUT2D eigenvalue weighted by Crippen LogP contribution is -2.27. The highest BCUT2D eigenvalue weighted by Gasteiger charge is 2.23. The highest BCUT2D eigenvalue weighted by molar-refractivity contribution is 7.17. The number of pyridine rings is 1. The summed E-state index contributed by atoms with van der Waals surface area (Å²) in [5.74, 6) is 2.05. The number of ketones is 1. The third kappa shape index (κ3) is 4.29.